The number of amides is 1. The number of likely N-dealkylation sites (tertiary alicyclic amines) is 1. The molecule has 11 nitrogen and oxygen atoms in total. The molecule has 0 radical (unpaired) electrons. The molecule has 2 fully saturated rings. The minimum atomic E-state index is -0.699. The van der Waals surface area contributed by atoms with E-state index >= 15 is 0 Å². The van der Waals surface area contributed by atoms with Crippen LogP contribution in [0.25, 0.3) is 11.2 Å². The second kappa shape index (κ2) is 10.2. The predicted molar refractivity (Wildman–Crippen MR) is 141 cm³/mol. The number of hydrogen-bond acceptors (Lipinski definition) is 9. The number of carbonyl (C=O) groups is 1. The SMILES string of the molecule is CC1(C)OC[C@@H](C(=O)N2CCC(CCn3cnc(=N)c4[nH]c(Sc5cc6c(cc5Br)OCO6)nc43)CC2)O1. The van der Waals surface area contributed by atoms with Crippen molar-refractivity contribution in [3.05, 3.63) is 28.4 Å². The molecule has 1 amide bonds. The van der Waals surface area contributed by atoms with Gasteiger partial charge in [-0.05, 0) is 67.1 Å². The Bertz CT molecular complexity index is 1430. The van der Waals surface area contributed by atoms with Crippen molar-refractivity contribution >= 4 is 44.8 Å². The molecule has 0 bridgehead atoms. The molecule has 3 aliphatic heterocycles. The first kappa shape index (κ1) is 25.7. The zero-order valence-electron chi connectivity index (χ0n) is 21.2. The number of aryl methyl sites for hydroxylation is 1. The number of aromatic amines is 1. The summed E-state index contributed by atoms with van der Waals surface area (Å²) in [6, 6.07) is 3.81. The Morgan fingerprint density at radius 1 is 1.26 bits per heavy atom. The van der Waals surface area contributed by atoms with Crippen LogP contribution in [0, 0.1) is 11.3 Å². The number of nitrogens with one attached hydrogen (secondary N) is 2. The Labute approximate surface area is 231 Å². The summed E-state index contributed by atoms with van der Waals surface area (Å²) in [5.74, 6) is 1.23. The summed E-state index contributed by atoms with van der Waals surface area (Å²) >= 11 is 5.05. The highest BCUT2D eigenvalue weighted by Crippen LogP contribution is 2.42. The van der Waals surface area contributed by atoms with Gasteiger partial charge in [-0.15, -0.1) is 0 Å². The van der Waals surface area contributed by atoms with Gasteiger partial charge in [0.2, 0.25) is 6.79 Å². The normalized spacial score (nSPS) is 20.9. The maximum atomic E-state index is 12.8. The van der Waals surface area contributed by atoms with E-state index in [4.69, 9.17) is 29.3 Å². The van der Waals surface area contributed by atoms with Crippen LogP contribution < -0.4 is 15.0 Å². The smallest absolute Gasteiger partial charge is 0.254 e. The van der Waals surface area contributed by atoms with Gasteiger partial charge in [-0.25, -0.2) is 9.97 Å². The summed E-state index contributed by atoms with van der Waals surface area (Å²) in [6.07, 6.45) is 4.01. The van der Waals surface area contributed by atoms with Crippen molar-refractivity contribution in [2.75, 3.05) is 26.5 Å². The van der Waals surface area contributed by atoms with Crippen molar-refractivity contribution in [3.8, 4) is 11.5 Å². The van der Waals surface area contributed by atoms with E-state index in [0.717, 1.165) is 48.3 Å². The number of piperidine rings is 1. The highest BCUT2D eigenvalue weighted by molar-refractivity contribution is 9.10. The zero-order chi connectivity index (χ0) is 26.4. The molecular weight excluding hydrogens is 576 g/mol. The molecule has 0 unspecified atom stereocenters. The van der Waals surface area contributed by atoms with Crippen molar-refractivity contribution in [1.82, 2.24) is 24.4 Å². The highest BCUT2D eigenvalue weighted by atomic mass is 79.9. The molecule has 0 aliphatic carbocycles. The topological polar surface area (TPSA) is 128 Å². The molecule has 0 saturated carbocycles. The van der Waals surface area contributed by atoms with Crippen LogP contribution in [-0.2, 0) is 20.8 Å². The maximum Gasteiger partial charge on any atom is 0.254 e. The number of nitrogens with zero attached hydrogens (tertiary/aromatic N) is 4. The Morgan fingerprint density at radius 3 is 2.76 bits per heavy atom. The molecule has 2 aromatic heterocycles. The van der Waals surface area contributed by atoms with E-state index < -0.39 is 11.9 Å². The van der Waals surface area contributed by atoms with E-state index in [0.29, 0.717) is 40.3 Å². The Hall–Kier alpha value is -2.61. The Morgan fingerprint density at radius 2 is 2.03 bits per heavy atom. The van der Waals surface area contributed by atoms with Crippen LogP contribution in [0.5, 0.6) is 11.5 Å². The fraction of sp³-hybridized carbons (Fsp3) is 0.520. The average Bonchev–Trinajstić information content (AvgIpc) is 3.62. The molecule has 0 spiro atoms. The van der Waals surface area contributed by atoms with Gasteiger partial charge in [0.1, 0.15) is 5.52 Å². The van der Waals surface area contributed by atoms with E-state index in [2.05, 4.69) is 25.9 Å². The summed E-state index contributed by atoms with van der Waals surface area (Å²) < 4.78 is 25.1. The van der Waals surface area contributed by atoms with Gasteiger partial charge in [0, 0.05) is 29.0 Å². The summed E-state index contributed by atoms with van der Waals surface area (Å²) in [4.78, 5) is 28.0. The van der Waals surface area contributed by atoms with Crippen LogP contribution in [0.3, 0.4) is 0 Å². The molecule has 38 heavy (non-hydrogen) atoms. The fourth-order valence-corrected chi connectivity index (χ4v) is 6.41. The minimum Gasteiger partial charge on any atom is -0.454 e. The third-order valence-electron chi connectivity index (χ3n) is 7.12. The molecule has 2 N–H and O–H groups in total. The lowest BCUT2D eigenvalue weighted by molar-refractivity contribution is -0.161. The van der Waals surface area contributed by atoms with E-state index in [-0.39, 0.29) is 18.2 Å². The van der Waals surface area contributed by atoms with Crippen molar-refractivity contribution in [3.63, 3.8) is 0 Å². The van der Waals surface area contributed by atoms with E-state index in [9.17, 15) is 4.79 Å². The van der Waals surface area contributed by atoms with Gasteiger partial charge in [0.25, 0.3) is 5.91 Å². The summed E-state index contributed by atoms with van der Waals surface area (Å²) in [6.45, 7) is 6.38. The number of halogens is 1. The number of ether oxygens (including phenoxy) is 4. The molecule has 1 atom stereocenters. The lowest BCUT2D eigenvalue weighted by atomic mass is 9.93. The van der Waals surface area contributed by atoms with Crippen molar-refractivity contribution in [1.29, 1.82) is 5.41 Å². The molecule has 202 valence electrons. The van der Waals surface area contributed by atoms with E-state index in [1.807, 2.05) is 35.4 Å². The number of aromatic nitrogens is 4. The van der Waals surface area contributed by atoms with Crippen LogP contribution in [0.15, 0.2) is 33.0 Å². The predicted octanol–water partition coefficient (Wildman–Crippen LogP) is 3.66. The fourth-order valence-electron chi connectivity index (χ4n) is 5.03. The number of benzene rings is 1. The second-order valence-corrected chi connectivity index (χ2v) is 12.0. The standard InChI is InChI=1S/C25H29BrN6O5S/c1-25(2)36-11-18(37-25)23(33)31-6-3-14(4-7-31)5-8-32-12-28-21(27)20-22(32)30-24(29-20)38-19-10-17-16(9-15(19)26)34-13-35-17/h9-10,12,14,18,27H,3-8,11,13H2,1-2H3,(H,29,30)/t18-/m0/s1. The molecule has 6 rings (SSSR count). The maximum absolute atomic E-state index is 12.8. The van der Waals surface area contributed by atoms with Crippen molar-refractivity contribution < 1.29 is 23.7 Å². The lowest BCUT2D eigenvalue weighted by Crippen LogP contribution is -2.45. The van der Waals surface area contributed by atoms with Crippen LogP contribution in [0.1, 0.15) is 33.1 Å². The van der Waals surface area contributed by atoms with E-state index in [1.54, 1.807) is 6.33 Å². The van der Waals surface area contributed by atoms with Gasteiger partial charge in [0.05, 0.1) is 12.9 Å². The molecule has 13 heteroatoms. The second-order valence-electron chi connectivity index (χ2n) is 10.1. The number of rotatable bonds is 6. The number of imidazole rings is 1. The van der Waals surface area contributed by atoms with Crippen LogP contribution in [0.2, 0.25) is 0 Å². The third kappa shape index (κ3) is 5.16. The zero-order valence-corrected chi connectivity index (χ0v) is 23.6. The minimum absolute atomic E-state index is 0.0241. The van der Waals surface area contributed by atoms with E-state index in [1.165, 1.54) is 11.8 Å². The lowest BCUT2D eigenvalue weighted by Gasteiger charge is -2.33. The number of hydrogen-bond donors (Lipinski definition) is 2. The first-order valence-corrected chi connectivity index (χ1v) is 14.2. The van der Waals surface area contributed by atoms with Gasteiger partial charge < -0.3 is 33.4 Å². The molecule has 3 aromatic rings. The Balaban J connectivity index is 1.09. The van der Waals surface area contributed by atoms with Crippen LogP contribution in [-0.4, -0.2) is 68.7 Å². The third-order valence-corrected chi connectivity index (χ3v) is 8.98. The first-order valence-electron chi connectivity index (χ1n) is 12.6. The van der Waals surface area contributed by atoms with Gasteiger partial charge in [0.15, 0.2) is 39.7 Å². The number of H-pyrrole nitrogens is 1. The largest absolute Gasteiger partial charge is 0.454 e. The monoisotopic (exact) mass is 604 g/mol. The number of carbonyl (C=O) groups excluding carboxylic acids is 1. The van der Waals surface area contributed by atoms with Gasteiger partial charge >= 0.3 is 0 Å². The number of fused-ring (bicyclic) bond motifs is 2. The Kier molecular flexibility index (Phi) is 6.87. The van der Waals surface area contributed by atoms with Gasteiger partial charge in [-0.3, -0.25) is 10.2 Å². The van der Waals surface area contributed by atoms with Gasteiger partial charge in [-0.1, -0.05) is 11.8 Å². The molecule has 5 heterocycles. The molecule has 2 saturated heterocycles. The van der Waals surface area contributed by atoms with Crippen molar-refractivity contribution in [2.45, 2.75) is 61.6 Å². The summed E-state index contributed by atoms with van der Waals surface area (Å²) in [7, 11) is 0. The average molecular weight is 606 g/mol. The summed E-state index contributed by atoms with van der Waals surface area (Å²) in [5, 5.41) is 8.94. The molecule has 1 aromatic carbocycles. The highest BCUT2D eigenvalue weighted by Gasteiger charge is 2.39. The van der Waals surface area contributed by atoms with Crippen molar-refractivity contribution in [2.24, 2.45) is 5.92 Å². The molecular formula is C25H29BrN6O5S. The van der Waals surface area contributed by atoms with Crippen LogP contribution >= 0.6 is 27.7 Å². The first-order chi connectivity index (χ1) is 18.3. The molecule has 3 aliphatic rings. The van der Waals surface area contributed by atoms with Crippen LogP contribution in [0.4, 0.5) is 0 Å². The summed E-state index contributed by atoms with van der Waals surface area (Å²) in [5.41, 5.74) is 1.47. The van der Waals surface area contributed by atoms with Gasteiger partial charge in [-0.2, -0.15) is 0 Å². The quantitative estimate of drug-likeness (QED) is 0.436.